The molecule has 302 valence electrons. The Morgan fingerprint density at radius 2 is 1.56 bits per heavy atom. The van der Waals surface area contributed by atoms with Crippen molar-refractivity contribution in [2.75, 3.05) is 49.9 Å². The number of anilines is 2. The molecular formula is C44H46N10O5. The maximum atomic E-state index is 13.7. The Labute approximate surface area is 341 Å². The second-order valence-electron chi connectivity index (χ2n) is 16.3. The third-order valence-electron chi connectivity index (χ3n) is 12.9. The number of benzene rings is 3. The number of likely N-dealkylation sites (tertiary alicyclic amines) is 1. The first kappa shape index (κ1) is 37.0. The molecule has 4 aliphatic heterocycles. The van der Waals surface area contributed by atoms with Crippen molar-refractivity contribution in [1.82, 2.24) is 39.8 Å². The first-order valence-corrected chi connectivity index (χ1v) is 20.6. The molecule has 4 fully saturated rings. The average molecular weight is 795 g/mol. The minimum atomic E-state index is -0.616. The smallest absolute Gasteiger partial charge is 0.255 e. The van der Waals surface area contributed by atoms with Crippen molar-refractivity contribution in [3.05, 3.63) is 90.3 Å². The summed E-state index contributed by atoms with van der Waals surface area (Å²) in [6, 6.07) is 23.3. The van der Waals surface area contributed by atoms with E-state index >= 15 is 0 Å². The Bertz CT molecular complexity index is 2430. The van der Waals surface area contributed by atoms with Gasteiger partial charge in [0, 0.05) is 81.0 Å². The number of nitrogens with one attached hydrogen (secondary N) is 1. The third kappa shape index (κ3) is 6.92. The lowest BCUT2D eigenvalue weighted by molar-refractivity contribution is -0.142. The average Bonchev–Trinajstić information content (AvgIpc) is 3.79. The predicted molar refractivity (Wildman–Crippen MR) is 219 cm³/mol. The number of piperidine rings is 2. The van der Waals surface area contributed by atoms with Gasteiger partial charge in [-0.05, 0) is 92.3 Å². The number of nitrogens with zero attached hydrogens (tertiary/aromatic N) is 8. The SMILES string of the molecule is Nc1ncnc2c1c(-c1ccc(Oc3ccccc3)cc1)nn2C1CCN(C(=O)C2CC(N3CCN(c4ccc5c(c4)CN(C4CCC(=O)NC4=O)C5=O)CC3)C2)CC1. The van der Waals surface area contributed by atoms with E-state index in [9.17, 15) is 19.2 Å². The van der Waals surface area contributed by atoms with E-state index in [-0.39, 0.29) is 36.1 Å². The quantitative estimate of drug-likeness (QED) is 0.214. The Morgan fingerprint density at radius 1 is 0.814 bits per heavy atom. The molecular weight excluding hydrogens is 749 g/mol. The number of piperazine rings is 1. The van der Waals surface area contributed by atoms with E-state index in [2.05, 4.69) is 31.2 Å². The minimum absolute atomic E-state index is 0.0506. The van der Waals surface area contributed by atoms with Gasteiger partial charge in [-0.3, -0.25) is 29.4 Å². The van der Waals surface area contributed by atoms with Gasteiger partial charge in [-0.1, -0.05) is 18.2 Å². The molecule has 3 aromatic carbocycles. The second-order valence-corrected chi connectivity index (χ2v) is 16.3. The van der Waals surface area contributed by atoms with E-state index in [1.54, 1.807) is 4.90 Å². The van der Waals surface area contributed by atoms with Crippen LogP contribution in [-0.4, -0.2) is 109 Å². The molecule has 3 saturated heterocycles. The van der Waals surface area contributed by atoms with E-state index < -0.39 is 11.9 Å². The zero-order valence-corrected chi connectivity index (χ0v) is 32.7. The number of imide groups is 1. The summed E-state index contributed by atoms with van der Waals surface area (Å²) < 4.78 is 7.98. The fourth-order valence-electron chi connectivity index (χ4n) is 9.54. The summed E-state index contributed by atoms with van der Waals surface area (Å²) in [5, 5.41) is 8.16. The summed E-state index contributed by atoms with van der Waals surface area (Å²) in [6.07, 6.45) is 5.40. The first-order chi connectivity index (χ1) is 28.8. The third-order valence-corrected chi connectivity index (χ3v) is 12.9. The van der Waals surface area contributed by atoms with Crippen LogP contribution in [0.3, 0.4) is 0 Å². The molecule has 1 unspecified atom stereocenters. The lowest BCUT2D eigenvalue weighted by atomic mass is 9.77. The number of hydrogen-bond donors (Lipinski definition) is 2. The van der Waals surface area contributed by atoms with Crippen molar-refractivity contribution >= 4 is 46.2 Å². The van der Waals surface area contributed by atoms with Crippen molar-refractivity contribution in [2.45, 2.75) is 63.2 Å². The summed E-state index contributed by atoms with van der Waals surface area (Å²) in [6.45, 7) is 5.26. The highest BCUT2D eigenvalue weighted by Crippen LogP contribution is 2.38. The molecule has 0 radical (unpaired) electrons. The zero-order valence-electron chi connectivity index (χ0n) is 32.7. The van der Waals surface area contributed by atoms with E-state index in [4.69, 9.17) is 15.6 Å². The number of amides is 4. The van der Waals surface area contributed by atoms with Crippen molar-refractivity contribution in [3.8, 4) is 22.8 Å². The molecule has 15 heteroatoms. The van der Waals surface area contributed by atoms with Gasteiger partial charge in [0.1, 0.15) is 35.4 Å². The fourth-order valence-corrected chi connectivity index (χ4v) is 9.54. The molecule has 4 amide bonds. The van der Waals surface area contributed by atoms with E-state index in [0.29, 0.717) is 49.1 Å². The normalized spacial score (nSPS) is 22.7. The van der Waals surface area contributed by atoms with Crippen LogP contribution in [-0.2, 0) is 20.9 Å². The van der Waals surface area contributed by atoms with Crippen LogP contribution in [0.1, 0.15) is 60.5 Å². The summed E-state index contributed by atoms with van der Waals surface area (Å²) in [5.41, 5.74) is 11.4. The van der Waals surface area contributed by atoms with Gasteiger partial charge in [0.15, 0.2) is 5.65 Å². The van der Waals surface area contributed by atoms with Gasteiger partial charge in [0.2, 0.25) is 17.7 Å². The topological polar surface area (TPSA) is 172 Å². The number of carbonyl (C=O) groups is 4. The number of nitrogens with two attached hydrogens (primary N) is 1. The summed E-state index contributed by atoms with van der Waals surface area (Å²) in [4.78, 5) is 68.4. The van der Waals surface area contributed by atoms with Gasteiger partial charge in [0.25, 0.3) is 5.91 Å². The summed E-state index contributed by atoms with van der Waals surface area (Å²) in [5.74, 6) is 1.34. The van der Waals surface area contributed by atoms with E-state index in [1.807, 2.05) is 76.3 Å². The molecule has 15 nitrogen and oxygen atoms in total. The highest BCUT2D eigenvalue weighted by Gasteiger charge is 2.42. The van der Waals surface area contributed by atoms with Crippen LogP contribution in [0.25, 0.3) is 22.3 Å². The maximum Gasteiger partial charge on any atom is 0.255 e. The fraction of sp³-hybridized carbons (Fsp3) is 0.386. The Hall–Kier alpha value is -6.35. The molecule has 2 aromatic heterocycles. The highest BCUT2D eigenvalue weighted by atomic mass is 16.5. The molecule has 5 aromatic rings. The number of nitrogen functional groups attached to an aromatic ring is 1. The van der Waals surface area contributed by atoms with Crippen molar-refractivity contribution in [3.63, 3.8) is 0 Å². The van der Waals surface area contributed by atoms with Gasteiger partial charge >= 0.3 is 0 Å². The maximum absolute atomic E-state index is 13.7. The van der Waals surface area contributed by atoms with Crippen molar-refractivity contribution in [2.24, 2.45) is 5.92 Å². The standard InChI is InChI=1S/C44H46N10O5/c45-40-38-39(27-6-9-34(10-7-27)59-33-4-2-1-3-5-33)49-54(41(38)47-26-46-40)30-14-16-52(17-15-30)43(57)28-22-32(23-28)51-20-18-50(19-21-51)31-8-11-35-29(24-31)25-53(44(35)58)36-12-13-37(55)48-42(36)56/h1-11,24,26,28,30,32,36H,12-23,25H2,(H2,45,46,47)(H,48,55,56). The monoisotopic (exact) mass is 794 g/mol. The van der Waals surface area contributed by atoms with Gasteiger partial charge < -0.3 is 25.2 Å². The number of aromatic nitrogens is 4. The van der Waals surface area contributed by atoms with Gasteiger partial charge in [0.05, 0.1) is 11.4 Å². The van der Waals surface area contributed by atoms with Gasteiger partial charge in [-0.2, -0.15) is 5.10 Å². The van der Waals surface area contributed by atoms with Gasteiger partial charge in [-0.25, -0.2) is 14.6 Å². The molecule has 59 heavy (non-hydrogen) atoms. The van der Waals surface area contributed by atoms with Crippen LogP contribution in [0, 0.1) is 5.92 Å². The number of para-hydroxylation sites is 1. The molecule has 1 atom stereocenters. The molecule has 5 aliphatic rings. The zero-order chi connectivity index (χ0) is 40.2. The van der Waals surface area contributed by atoms with Crippen molar-refractivity contribution in [1.29, 1.82) is 0 Å². The van der Waals surface area contributed by atoms with Crippen LogP contribution in [0.2, 0.25) is 0 Å². The van der Waals surface area contributed by atoms with E-state index in [0.717, 1.165) is 91.3 Å². The van der Waals surface area contributed by atoms with Crippen LogP contribution in [0.5, 0.6) is 11.5 Å². The van der Waals surface area contributed by atoms with Crippen LogP contribution < -0.4 is 20.7 Å². The highest BCUT2D eigenvalue weighted by molar-refractivity contribution is 6.05. The molecule has 0 spiro atoms. The molecule has 0 bridgehead atoms. The first-order valence-electron chi connectivity index (χ1n) is 20.6. The Balaban J connectivity index is 0.717. The number of carbonyl (C=O) groups excluding carboxylic acids is 4. The van der Waals surface area contributed by atoms with Gasteiger partial charge in [-0.15, -0.1) is 0 Å². The molecule has 1 saturated carbocycles. The van der Waals surface area contributed by atoms with Crippen molar-refractivity contribution < 1.29 is 23.9 Å². The predicted octanol–water partition coefficient (Wildman–Crippen LogP) is 4.39. The minimum Gasteiger partial charge on any atom is -0.457 e. The molecule has 1 aliphatic carbocycles. The van der Waals surface area contributed by atoms with Crippen LogP contribution in [0.4, 0.5) is 11.5 Å². The van der Waals surface area contributed by atoms with E-state index in [1.165, 1.54) is 6.33 Å². The Kier molecular flexibility index (Phi) is 9.46. The summed E-state index contributed by atoms with van der Waals surface area (Å²) >= 11 is 0. The lowest BCUT2D eigenvalue weighted by Gasteiger charge is -2.47. The number of hydrogen-bond acceptors (Lipinski definition) is 11. The molecule has 6 heterocycles. The number of ether oxygens (including phenoxy) is 1. The Morgan fingerprint density at radius 3 is 2.31 bits per heavy atom. The van der Waals surface area contributed by atoms with Crippen LogP contribution >= 0.6 is 0 Å². The largest absolute Gasteiger partial charge is 0.457 e. The number of rotatable bonds is 8. The molecule has 10 rings (SSSR count). The second kappa shape index (κ2) is 15.1. The molecule has 3 N–H and O–H groups in total. The summed E-state index contributed by atoms with van der Waals surface area (Å²) in [7, 11) is 0. The number of fused-ring (bicyclic) bond motifs is 2. The van der Waals surface area contributed by atoms with Crippen LogP contribution in [0.15, 0.2) is 79.1 Å². The lowest BCUT2D eigenvalue weighted by Crippen LogP contribution is -2.56.